The Labute approximate surface area is 92.1 Å². The van der Waals surface area contributed by atoms with Crippen LogP contribution in [0.3, 0.4) is 0 Å². The first-order valence-corrected chi connectivity index (χ1v) is 4.98. The molecule has 16 heavy (non-hydrogen) atoms. The van der Waals surface area contributed by atoms with E-state index >= 15 is 0 Å². The Balaban J connectivity index is 3.30. The highest BCUT2D eigenvalue weighted by Crippen LogP contribution is 1.89. The molecule has 0 aliphatic heterocycles. The molecular formula is C10H15N3O3. The van der Waals surface area contributed by atoms with E-state index in [0.29, 0.717) is 13.0 Å². The maximum Gasteiger partial charge on any atom is 0.336 e. The third-order valence-corrected chi connectivity index (χ3v) is 2.40. The predicted octanol–water partition coefficient (Wildman–Crippen LogP) is -0.788. The molecule has 0 aliphatic rings. The SMILES string of the molecule is C=CCCCn1c(=O)n(C)c(=O)n(C)c1=O. The first-order valence-electron chi connectivity index (χ1n) is 4.98. The smallest absolute Gasteiger partial charge is 0.248 e. The van der Waals surface area contributed by atoms with Gasteiger partial charge in [0.15, 0.2) is 0 Å². The van der Waals surface area contributed by atoms with Crippen LogP contribution in [-0.4, -0.2) is 13.7 Å². The number of allylic oxidation sites excluding steroid dienone is 1. The Kier molecular flexibility index (Phi) is 3.65. The minimum absolute atomic E-state index is 0.297. The fourth-order valence-electron chi connectivity index (χ4n) is 1.42. The molecule has 0 atom stereocenters. The van der Waals surface area contributed by atoms with Gasteiger partial charge in [-0.25, -0.2) is 28.1 Å². The van der Waals surface area contributed by atoms with Gasteiger partial charge in [-0.1, -0.05) is 6.08 Å². The molecule has 88 valence electrons. The minimum Gasteiger partial charge on any atom is -0.248 e. The van der Waals surface area contributed by atoms with Crippen molar-refractivity contribution in [3.63, 3.8) is 0 Å². The van der Waals surface area contributed by atoms with Gasteiger partial charge < -0.3 is 0 Å². The number of aromatic nitrogens is 3. The number of nitrogens with zero attached hydrogens (tertiary/aromatic N) is 3. The van der Waals surface area contributed by atoms with Gasteiger partial charge in [0.2, 0.25) is 0 Å². The normalized spacial score (nSPS) is 10.4. The van der Waals surface area contributed by atoms with E-state index in [1.807, 2.05) is 0 Å². The molecule has 0 saturated heterocycles. The summed E-state index contributed by atoms with van der Waals surface area (Å²) in [5.74, 6) is 0. The fourth-order valence-corrected chi connectivity index (χ4v) is 1.42. The van der Waals surface area contributed by atoms with E-state index in [2.05, 4.69) is 6.58 Å². The average Bonchev–Trinajstić information content (AvgIpc) is 2.28. The maximum atomic E-state index is 11.6. The molecule has 1 aromatic rings. The van der Waals surface area contributed by atoms with Crippen LogP contribution in [-0.2, 0) is 20.6 Å². The second-order valence-corrected chi connectivity index (χ2v) is 3.55. The Morgan fingerprint density at radius 3 is 2.00 bits per heavy atom. The maximum absolute atomic E-state index is 11.6. The summed E-state index contributed by atoms with van der Waals surface area (Å²) >= 11 is 0. The van der Waals surface area contributed by atoms with Crippen molar-refractivity contribution in [1.82, 2.24) is 13.7 Å². The molecular weight excluding hydrogens is 210 g/mol. The molecule has 1 rings (SSSR count). The zero-order chi connectivity index (χ0) is 12.3. The van der Waals surface area contributed by atoms with Gasteiger partial charge >= 0.3 is 17.1 Å². The van der Waals surface area contributed by atoms with Crippen molar-refractivity contribution < 1.29 is 0 Å². The summed E-state index contributed by atoms with van der Waals surface area (Å²) < 4.78 is 2.91. The van der Waals surface area contributed by atoms with Gasteiger partial charge in [-0.3, -0.25) is 0 Å². The van der Waals surface area contributed by atoms with Gasteiger partial charge in [0.1, 0.15) is 0 Å². The summed E-state index contributed by atoms with van der Waals surface area (Å²) in [7, 11) is 2.71. The second-order valence-electron chi connectivity index (χ2n) is 3.55. The molecule has 0 N–H and O–H groups in total. The van der Waals surface area contributed by atoms with E-state index in [1.165, 1.54) is 14.1 Å². The van der Waals surface area contributed by atoms with Crippen molar-refractivity contribution in [2.75, 3.05) is 0 Å². The lowest BCUT2D eigenvalue weighted by molar-refractivity contribution is 0.492. The molecule has 0 amide bonds. The number of hydrogen-bond donors (Lipinski definition) is 0. The first kappa shape index (κ1) is 12.2. The first-order chi connectivity index (χ1) is 7.50. The van der Waals surface area contributed by atoms with E-state index in [-0.39, 0.29) is 0 Å². The molecule has 0 radical (unpaired) electrons. The van der Waals surface area contributed by atoms with Gasteiger partial charge in [0.25, 0.3) is 0 Å². The lowest BCUT2D eigenvalue weighted by Crippen LogP contribution is -2.52. The zero-order valence-electron chi connectivity index (χ0n) is 9.47. The third-order valence-electron chi connectivity index (χ3n) is 2.40. The highest BCUT2D eigenvalue weighted by molar-refractivity contribution is 4.76. The molecule has 0 bridgehead atoms. The summed E-state index contributed by atoms with van der Waals surface area (Å²) in [6, 6.07) is 0. The second kappa shape index (κ2) is 4.78. The van der Waals surface area contributed by atoms with Crippen molar-refractivity contribution in [3.05, 3.63) is 44.1 Å². The van der Waals surface area contributed by atoms with Crippen LogP contribution in [0.2, 0.25) is 0 Å². The van der Waals surface area contributed by atoms with E-state index in [1.54, 1.807) is 6.08 Å². The van der Waals surface area contributed by atoms with Crippen molar-refractivity contribution in [3.8, 4) is 0 Å². The summed E-state index contributed by atoms with van der Waals surface area (Å²) in [6.45, 7) is 3.86. The molecule has 0 spiro atoms. The average molecular weight is 225 g/mol. The Morgan fingerprint density at radius 1 is 1.06 bits per heavy atom. The van der Waals surface area contributed by atoms with Crippen molar-refractivity contribution in [1.29, 1.82) is 0 Å². The van der Waals surface area contributed by atoms with Gasteiger partial charge in [0.05, 0.1) is 0 Å². The topological polar surface area (TPSA) is 66.0 Å². The van der Waals surface area contributed by atoms with Crippen molar-refractivity contribution >= 4 is 0 Å². The van der Waals surface area contributed by atoms with E-state index < -0.39 is 17.1 Å². The van der Waals surface area contributed by atoms with Crippen LogP contribution in [0.25, 0.3) is 0 Å². The van der Waals surface area contributed by atoms with E-state index in [9.17, 15) is 14.4 Å². The van der Waals surface area contributed by atoms with E-state index in [0.717, 1.165) is 20.1 Å². The van der Waals surface area contributed by atoms with Crippen molar-refractivity contribution in [2.24, 2.45) is 14.1 Å². The zero-order valence-corrected chi connectivity index (χ0v) is 9.47. The summed E-state index contributed by atoms with van der Waals surface area (Å²) in [5, 5.41) is 0. The summed E-state index contributed by atoms with van der Waals surface area (Å²) in [4.78, 5) is 34.7. The highest BCUT2D eigenvalue weighted by atomic mass is 16.2. The lowest BCUT2D eigenvalue weighted by atomic mass is 10.3. The largest absolute Gasteiger partial charge is 0.336 e. The monoisotopic (exact) mass is 225 g/mol. The Morgan fingerprint density at radius 2 is 1.56 bits per heavy atom. The molecule has 0 aliphatic carbocycles. The van der Waals surface area contributed by atoms with Crippen LogP contribution in [0.5, 0.6) is 0 Å². The molecule has 0 fully saturated rings. The molecule has 0 aromatic carbocycles. The molecule has 0 saturated carbocycles. The minimum atomic E-state index is -0.602. The lowest BCUT2D eigenvalue weighted by Gasteiger charge is -2.07. The van der Waals surface area contributed by atoms with Crippen LogP contribution >= 0.6 is 0 Å². The third kappa shape index (κ3) is 2.05. The van der Waals surface area contributed by atoms with Crippen molar-refractivity contribution in [2.45, 2.75) is 19.4 Å². The Bertz CT molecular complexity index is 522. The van der Waals surface area contributed by atoms with Gasteiger partial charge in [0, 0.05) is 20.6 Å². The van der Waals surface area contributed by atoms with Crippen LogP contribution < -0.4 is 17.1 Å². The Hall–Kier alpha value is -1.85. The van der Waals surface area contributed by atoms with Gasteiger partial charge in [-0.05, 0) is 12.8 Å². The number of rotatable bonds is 4. The fraction of sp³-hybridized carbons (Fsp3) is 0.500. The molecule has 6 nitrogen and oxygen atoms in total. The van der Waals surface area contributed by atoms with Gasteiger partial charge in [-0.2, -0.15) is 0 Å². The quantitative estimate of drug-likeness (QED) is 0.498. The predicted molar refractivity (Wildman–Crippen MR) is 60.6 cm³/mol. The number of unbranched alkanes of at least 4 members (excludes halogenated alkanes) is 1. The van der Waals surface area contributed by atoms with Gasteiger partial charge in [-0.15, -0.1) is 6.58 Å². The highest BCUT2D eigenvalue weighted by Gasteiger charge is 2.09. The van der Waals surface area contributed by atoms with Crippen LogP contribution in [0.15, 0.2) is 27.0 Å². The molecule has 0 unspecified atom stereocenters. The molecule has 1 aromatic heterocycles. The van der Waals surface area contributed by atoms with Crippen LogP contribution in [0.1, 0.15) is 12.8 Å². The van der Waals surface area contributed by atoms with Crippen LogP contribution in [0, 0.1) is 0 Å². The molecule has 6 heteroatoms. The van der Waals surface area contributed by atoms with E-state index in [4.69, 9.17) is 0 Å². The summed E-state index contributed by atoms with van der Waals surface area (Å²) in [5.41, 5.74) is -1.75. The standard InChI is InChI=1S/C10H15N3O3/c1-4-5-6-7-13-9(15)11(2)8(14)12(3)10(13)16/h4H,1,5-7H2,2-3H3. The number of hydrogen-bond acceptors (Lipinski definition) is 3. The summed E-state index contributed by atoms with van der Waals surface area (Å²) in [6.07, 6.45) is 3.09. The van der Waals surface area contributed by atoms with Crippen LogP contribution in [0.4, 0.5) is 0 Å². The molecule has 1 heterocycles.